The van der Waals surface area contributed by atoms with Crippen molar-refractivity contribution < 1.29 is 14.6 Å². The van der Waals surface area contributed by atoms with Crippen molar-refractivity contribution in [2.75, 3.05) is 6.61 Å². The first-order chi connectivity index (χ1) is 6.02. The van der Waals surface area contributed by atoms with E-state index in [9.17, 15) is 9.90 Å². The summed E-state index contributed by atoms with van der Waals surface area (Å²) in [5, 5.41) is 9.59. The van der Waals surface area contributed by atoms with Crippen LogP contribution in [0.15, 0.2) is 25.3 Å². The van der Waals surface area contributed by atoms with E-state index in [1.54, 1.807) is 13.0 Å². The summed E-state index contributed by atoms with van der Waals surface area (Å²) >= 11 is 0. The molecule has 1 unspecified atom stereocenters. The SMILES string of the molecule is C=CCOC(=O)CC(C)(O)CC=C. The molecule has 0 spiro atoms. The molecule has 1 atom stereocenters. The smallest absolute Gasteiger partial charge is 0.309 e. The maximum atomic E-state index is 11.0. The fourth-order valence-electron chi connectivity index (χ4n) is 0.897. The van der Waals surface area contributed by atoms with Crippen molar-refractivity contribution in [2.45, 2.75) is 25.4 Å². The van der Waals surface area contributed by atoms with Crippen molar-refractivity contribution in [3.63, 3.8) is 0 Å². The van der Waals surface area contributed by atoms with Crippen molar-refractivity contribution >= 4 is 5.97 Å². The van der Waals surface area contributed by atoms with Gasteiger partial charge in [0.1, 0.15) is 6.61 Å². The molecule has 13 heavy (non-hydrogen) atoms. The highest BCUT2D eigenvalue weighted by Gasteiger charge is 2.23. The second-order valence-electron chi connectivity index (χ2n) is 3.14. The summed E-state index contributed by atoms with van der Waals surface area (Å²) in [5.41, 5.74) is -1.06. The molecule has 3 nitrogen and oxygen atoms in total. The van der Waals surface area contributed by atoms with Gasteiger partial charge in [-0.25, -0.2) is 0 Å². The van der Waals surface area contributed by atoms with Gasteiger partial charge < -0.3 is 9.84 Å². The second-order valence-corrected chi connectivity index (χ2v) is 3.14. The van der Waals surface area contributed by atoms with E-state index in [0.29, 0.717) is 6.42 Å². The lowest BCUT2D eigenvalue weighted by Gasteiger charge is -2.19. The molecule has 0 saturated carbocycles. The van der Waals surface area contributed by atoms with Gasteiger partial charge in [-0.05, 0) is 13.3 Å². The summed E-state index contributed by atoms with van der Waals surface area (Å²) in [6, 6.07) is 0. The average Bonchev–Trinajstić information content (AvgIpc) is 1.99. The minimum atomic E-state index is -1.06. The molecule has 0 heterocycles. The first-order valence-corrected chi connectivity index (χ1v) is 4.11. The van der Waals surface area contributed by atoms with Crippen LogP contribution in [0.2, 0.25) is 0 Å². The molecule has 0 rings (SSSR count). The number of ether oxygens (including phenoxy) is 1. The molecule has 74 valence electrons. The molecule has 0 bridgehead atoms. The van der Waals surface area contributed by atoms with E-state index in [2.05, 4.69) is 13.2 Å². The molecule has 0 amide bonds. The van der Waals surface area contributed by atoms with Gasteiger partial charge in [-0.3, -0.25) is 4.79 Å². The Balaban J connectivity index is 3.87. The van der Waals surface area contributed by atoms with Gasteiger partial charge >= 0.3 is 5.97 Å². The number of aliphatic hydroxyl groups is 1. The lowest BCUT2D eigenvalue weighted by Crippen LogP contribution is -2.28. The number of rotatable bonds is 6. The average molecular weight is 184 g/mol. The summed E-state index contributed by atoms with van der Waals surface area (Å²) in [6.07, 6.45) is 3.41. The van der Waals surface area contributed by atoms with Crippen LogP contribution in [0, 0.1) is 0 Å². The van der Waals surface area contributed by atoms with E-state index in [0.717, 1.165) is 0 Å². The number of hydrogen-bond donors (Lipinski definition) is 1. The fraction of sp³-hybridized carbons (Fsp3) is 0.500. The molecule has 0 aromatic heterocycles. The van der Waals surface area contributed by atoms with Crippen LogP contribution in [0.1, 0.15) is 19.8 Å². The first kappa shape index (κ1) is 11.9. The molecule has 0 radical (unpaired) electrons. The Morgan fingerprint density at radius 3 is 2.62 bits per heavy atom. The minimum Gasteiger partial charge on any atom is -0.461 e. The summed E-state index contributed by atoms with van der Waals surface area (Å²) in [5.74, 6) is -0.424. The highest BCUT2D eigenvalue weighted by molar-refractivity contribution is 5.70. The number of esters is 1. The second kappa shape index (κ2) is 5.54. The summed E-state index contributed by atoms with van der Waals surface area (Å²) in [6.45, 7) is 8.65. The van der Waals surface area contributed by atoms with Gasteiger partial charge in [0.15, 0.2) is 0 Å². The van der Waals surface area contributed by atoms with Crippen molar-refractivity contribution in [1.29, 1.82) is 0 Å². The van der Waals surface area contributed by atoms with Crippen LogP contribution in [0.3, 0.4) is 0 Å². The van der Waals surface area contributed by atoms with Gasteiger partial charge in [0, 0.05) is 0 Å². The highest BCUT2D eigenvalue weighted by atomic mass is 16.5. The zero-order chi connectivity index (χ0) is 10.3. The number of carbonyl (C=O) groups excluding carboxylic acids is 1. The summed E-state index contributed by atoms with van der Waals surface area (Å²) in [7, 11) is 0. The normalized spacial score (nSPS) is 14.3. The van der Waals surface area contributed by atoms with Crippen LogP contribution in [0.4, 0.5) is 0 Å². The maximum absolute atomic E-state index is 11.0. The van der Waals surface area contributed by atoms with Crippen LogP contribution < -0.4 is 0 Å². The third-order valence-corrected chi connectivity index (χ3v) is 1.47. The van der Waals surface area contributed by atoms with Crippen molar-refractivity contribution in [1.82, 2.24) is 0 Å². The molecule has 0 fully saturated rings. The van der Waals surface area contributed by atoms with E-state index in [1.807, 2.05) is 0 Å². The zero-order valence-corrected chi connectivity index (χ0v) is 7.95. The van der Waals surface area contributed by atoms with E-state index < -0.39 is 11.6 Å². The molecule has 0 aliphatic heterocycles. The summed E-state index contributed by atoms with van der Waals surface area (Å²) in [4.78, 5) is 11.0. The quantitative estimate of drug-likeness (QED) is 0.502. The van der Waals surface area contributed by atoms with Crippen LogP contribution in [-0.4, -0.2) is 23.3 Å². The van der Waals surface area contributed by atoms with Crippen LogP contribution >= 0.6 is 0 Å². The van der Waals surface area contributed by atoms with Crippen molar-refractivity contribution in [3.05, 3.63) is 25.3 Å². The van der Waals surface area contributed by atoms with Gasteiger partial charge in [0.25, 0.3) is 0 Å². The van der Waals surface area contributed by atoms with Crippen LogP contribution in [-0.2, 0) is 9.53 Å². The predicted molar refractivity (Wildman–Crippen MR) is 51.2 cm³/mol. The molecular weight excluding hydrogens is 168 g/mol. The van der Waals surface area contributed by atoms with E-state index in [-0.39, 0.29) is 13.0 Å². The van der Waals surface area contributed by atoms with E-state index in [1.165, 1.54) is 6.08 Å². The lowest BCUT2D eigenvalue weighted by atomic mass is 9.98. The Bertz CT molecular complexity index is 194. The molecule has 0 saturated heterocycles. The first-order valence-electron chi connectivity index (χ1n) is 4.11. The molecule has 3 heteroatoms. The third-order valence-electron chi connectivity index (χ3n) is 1.47. The Labute approximate surface area is 78.7 Å². The van der Waals surface area contributed by atoms with Crippen molar-refractivity contribution in [2.24, 2.45) is 0 Å². The molecule has 0 aromatic carbocycles. The van der Waals surface area contributed by atoms with Gasteiger partial charge in [-0.15, -0.1) is 6.58 Å². The Morgan fingerprint density at radius 1 is 1.54 bits per heavy atom. The Kier molecular flexibility index (Phi) is 5.07. The number of carbonyl (C=O) groups is 1. The van der Waals surface area contributed by atoms with E-state index in [4.69, 9.17) is 4.74 Å². The van der Waals surface area contributed by atoms with Gasteiger partial charge in [0.05, 0.1) is 12.0 Å². The fourth-order valence-corrected chi connectivity index (χ4v) is 0.897. The summed E-state index contributed by atoms with van der Waals surface area (Å²) < 4.78 is 4.72. The standard InChI is InChI=1S/C10H16O3/c1-4-6-10(3,12)8-9(11)13-7-5-2/h4-5,12H,1-2,6-8H2,3H3. The maximum Gasteiger partial charge on any atom is 0.309 e. The lowest BCUT2D eigenvalue weighted by molar-refractivity contribution is -0.147. The van der Waals surface area contributed by atoms with Crippen LogP contribution in [0.25, 0.3) is 0 Å². The minimum absolute atomic E-state index is 0.0210. The Morgan fingerprint density at radius 2 is 2.15 bits per heavy atom. The highest BCUT2D eigenvalue weighted by Crippen LogP contribution is 2.15. The molecular formula is C10H16O3. The van der Waals surface area contributed by atoms with Gasteiger partial charge in [-0.1, -0.05) is 18.7 Å². The topological polar surface area (TPSA) is 46.5 Å². The number of hydrogen-bond acceptors (Lipinski definition) is 3. The Hall–Kier alpha value is -1.09. The van der Waals surface area contributed by atoms with Gasteiger partial charge in [-0.2, -0.15) is 0 Å². The zero-order valence-electron chi connectivity index (χ0n) is 7.95. The molecule has 0 aromatic rings. The van der Waals surface area contributed by atoms with Crippen LogP contribution in [0.5, 0.6) is 0 Å². The molecule has 0 aliphatic carbocycles. The van der Waals surface area contributed by atoms with Gasteiger partial charge in [0.2, 0.25) is 0 Å². The van der Waals surface area contributed by atoms with E-state index >= 15 is 0 Å². The monoisotopic (exact) mass is 184 g/mol. The predicted octanol–water partition coefficient (Wildman–Crippen LogP) is 1.43. The third kappa shape index (κ3) is 6.11. The molecule has 0 aliphatic rings. The van der Waals surface area contributed by atoms with Crippen molar-refractivity contribution in [3.8, 4) is 0 Å². The largest absolute Gasteiger partial charge is 0.461 e. The molecule has 1 N–H and O–H groups in total.